The van der Waals surface area contributed by atoms with Gasteiger partial charge < -0.3 is 15.1 Å². The lowest BCUT2D eigenvalue weighted by molar-refractivity contribution is -0.141. The van der Waals surface area contributed by atoms with Crippen molar-refractivity contribution in [2.45, 2.75) is 45.2 Å². The number of rotatable bonds is 12. The van der Waals surface area contributed by atoms with Crippen molar-refractivity contribution in [3.05, 3.63) is 112 Å². The summed E-state index contributed by atoms with van der Waals surface area (Å²) in [6, 6.07) is 28.7. The number of nitrogens with zero attached hydrogens (tertiary/aromatic N) is 2. The molecule has 0 radical (unpaired) electrons. The zero-order valence-electron chi connectivity index (χ0n) is 23.2. The molecule has 1 aliphatic heterocycles. The quantitative estimate of drug-likeness (QED) is 0.198. The van der Waals surface area contributed by atoms with Gasteiger partial charge in [-0.05, 0) is 53.6 Å². The predicted octanol–water partition coefficient (Wildman–Crippen LogP) is 6.51. The minimum atomic E-state index is -0.661. The number of amides is 3. The van der Waals surface area contributed by atoms with Gasteiger partial charge in [-0.2, -0.15) is 0 Å². The first kappa shape index (κ1) is 28.6. The van der Waals surface area contributed by atoms with E-state index in [0.29, 0.717) is 38.0 Å². The van der Waals surface area contributed by atoms with Crippen molar-refractivity contribution in [1.82, 2.24) is 10.2 Å². The average molecular weight is 613 g/mol. The van der Waals surface area contributed by atoms with E-state index in [1.54, 1.807) is 9.80 Å². The molecular formula is C34H34BrN3O3. The lowest BCUT2D eigenvalue weighted by Crippen LogP contribution is -2.50. The summed E-state index contributed by atoms with van der Waals surface area (Å²) in [6.45, 7) is 3.30. The zero-order valence-corrected chi connectivity index (χ0v) is 24.8. The second-order valence-corrected chi connectivity index (χ2v) is 11.3. The van der Waals surface area contributed by atoms with Crippen LogP contribution in [0.5, 0.6) is 0 Å². The van der Waals surface area contributed by atoms with E-state index in [4.69, 9.17) is 0 Å². The first-order valence-corrected chi connectivity index (χ1v) is 14.9. The first-order chi connectivity index (χ1) is 20.0. The van der Waals surface area contributed by atoms with E-state index in [1.807, 2.05) is 97.9 Å². The summed E-state index contributed by atoms with van der Waals surface area (Å²) in [5.74, 6) is -0.294. The van der Waals surface area contributed by atoms with Crippen LogP contribution < -0.4 is 10.2 Å². The van der Waals surface area contributed by atoms with Crippen LogP contribution >= 0.6 is 15.9 Å². The average Bonchev–Trinajstić information content (AvgIpc) is 3.27. The van der Waals surface area contributed by atoms with E-state index < -0.39 is 6.04 Å². The molecule has 0 aromatic heterocycles. The van der Waals surface area contributed by atoms with E-state index in [2.05, 4.69) is 21.2 Å². The number of halogens is 1. The van der Waals surface area contributed by atoms with Gasteiger partial charge in [0.25, 0.3) is 5.91 Å². The second kappa shape index (κ2) is 13.1. The van der Waals surface area contributed by atoms with Crippen molar-refractivity contribution >= 4 is 50.1 Å². The van der Waals surface area contributed by atoms with Crippen molar-refractivity contribution < 1.29 is 14.4 Å². The summed E-state index contributed by atoms with van der Waals surface area (Å²) in [6.07, 6.45) is 1.93. The van der Waals surface area contributed by atoms with Gasteiger partial charge in [-0.15, -0.1) is 0 Å². The fourth-order valence-corrected chi connectivity index (χ4v) is 5.70. The highest BCUT2D eigenvalue weighted by molar-refractivity contribution is 9.10. The van der Waals surface area contributed by atoms with E-state index in [-0.39, 0.29) is 24.1 Å². The number of hydrogen-bond donors (Lipinski definition) is 1. The molecule has 4 aromatic rings. The van der Waals surface area contributed by atoms with Crippen molar-refractivity contribution in [3.8, 4) is 0 Å². The van der Waals surface area contributed by atoms with Crippen LogP contribution in [0.3, 0.4) is 0 Å². The molecular weight excluding hydrogens is 578 g/mol. The predicted molar refractivity (Wildman–Crippen MR) is 167 cm³/mol. The van der Waals surface area contributed by atoms with Gasteiger partial charge in [-0.3, -0.25) is 14.4 Å². The third kappa shape index (κ3) is 6.51. The van der Waals surface area contributed by atoms with Gasteiger partial charge in [0.1, 0.15) is 6.04 Å². The van der Waals surface area contributed by atoms with Crippen LogP contribution in [0.4, 0.5) is 5.69 Å². The highest BCUT2D eigenvalue weighted by Crippen LogP contribution is 2.37. The Morgan fingerprint density at radius 1 is 0.902 bits per heavy atom. The Morgan fingerprint density at radius 3 is 2.37 bits per heavy atom. The number of anilines is 1. The summed E-state index contributed by atoms with van der Waals surface area (Å²) in [5.41, 5.74) is 3.53. The summed E-state index contributed by atoms with van der Waals surface area (Å²) < 4.78 is 0.951. The molecule has 0 unspecified atom stereocenters. The molecule has 7 heteroatoms. The molecule has 1 N–H and O–H groups in total. The standard InChI is InChI=1S/C34H34BrN3O3/c1-2-20-36-33(40)30(22-24-9-4-3-5-10-24)38(23-25-16-18-27(35)19-17-25)31(39)15-8-21-37-29-14-7-12-26-11-6-13-28(32(26)29)34(37)41/h3-7,9-14,16-19,30H,2,8,15,20-23H2,1H3,(H,36,40)/t30-/m0/s1. The topological polar surface area (TPSA) is 69.7 Å². The highest BCUT2D eigenvalue weighted by Gasteiger charge is 2.32. The van der Waals surface area contributed by atoms with Crippen molar-refractivity contribution in [2.24, 2.45) is 0 Å². The Kier molecular flexibility index (Phi) is 9.14. The molecule has 0 aliphatic carbocycles. The Labute approximate surface area is 249 Å². The lowest BCUT2D eigenvalue weighted by atomic mass is 10.0. The first-order valence-electron chi connectivity index (χ1n) is 14.2. The number of nitrogens with one attached hydrogen (secondary N) is 1. The molecule has 0 bridgehead atoms. The molecule has 1 aliphatic rings. The number of benzene rings is 4. The third-order valence-electron chi connectivity index (χ3n) is 7.51. The Hall–Kier alpha value is -3.97. The van der Waals surface area contributed by atoms with Gasteiger partial charge >= 0.3 is 0 Å². The molecule has 0 saturated carbocycles. The smallest absolute Gasteiger partial charge is 0.258 e. The summed E-state index contributed by atoms with van der Waals surface area (Å²) in [4.78, 5) is 44.1. The minimum absolute atomic E-state index is 0.0307. The van der Waals surface area contributed by atoms with Crippen LogP contribution in [0.15, 0.2) is 95.5 Å². The molecule has 4 aromatic carbocycles. The SMILES string of the molecule is CCCNC(=O)[C@H](Cc1ccccc1)N(Cc1ccc(Br)cc1)C(=O)CCCN1C(=O)c2cccc3cccc1c23. The fourth-order valence-electron chi connectivity index (χ4n) is 5.44. The van der Waals surface area contributed by atoms with Gasteiger partial charge in [-0.25, -0.2) is 0 Å². The second-order valence-electron chi connectivity index (χ2n) is 10.4. The van der Waals surface area contributed by atoms with Crippen LogP contribution in [-0.2, 0) is 22.6 Å². The third-order valence-corrected chi connectivity index (χ3v) is 8.04. The van der Waals surface area contributed by atoms with Crippen LogP contribution in [0.25, 0.3) is 10.8 Å². The molecule has 3 amide bonds. The van der Waals surface area contributed by atoms with Gasteiger partial charge in [0, 0.05) is 47.9 Å². The van der Waals surface area contributed by atoms with Gasteiger partial charge in [0.15, 0.2) is 0 Å². The molecule has 1 heterocycles. The lowest BCUT2D eigenvalue weighted by Gasteiger charge is -2.32. The maximum Gasteiger partial charge on any atom is 0.258 e. The summed E-state index contributed by atoms with van der Waals surface area (Å²) >= 11 is 3.48. The Morgan fingerprint density at radius 2 is 1.63 bits per heavy atom. The van der Waals surface area contributed by atoms with Gasteiger partial charge in [0.05, 0.1) is 5.69 Å². The molecule has 0 spiro atoms. The minimum Gasteiger partial charge on any atom is -0.354 e. The normalized spacial score (nSPS) is 12.9. The summed E-state index contributed by atoms with van der Waals surface area (Å²) in [7, 11) is 0. The molecule has 0 saturated heterocycles. The summed E-state index contributed by atoms with van der Waals surface area (Å²) in [5, 5.41) is 5.03. The van der Waals surface area contributed by atoms with Crippen LogP contribution in [-0.4, -0.2) is 41.8 Å². The molecule has 1 atom stereocenters. The molecule has 210 valence electrons. The number of carbonyl (C=O) groups is 3. The molecule has 5 rings (SSSR count). The van der Waals surface area contributed by atoms with Crippen molar-refractivity contribution in [3.63, 3.8) is 0 Å². The van der Waals surface area contributed by atoms with E-state index >= 15 is 0 Å². The molecule has 41 heavy (non-hydrogen) atoms. The monoisotopic (exact) mass is 611 g/mol. The zero-order chi connectivity index (χ0) is 28.8. The van der Waals surface area contributed by atoms with Crippen molar-refractivity contribution in [2.75, 3.05) is 18.0 Å². The van der Waals surface area contributed by atoms with Gasteiger partial charge in [-0.1, -0.05) is 89.6 Å². The fraction of sp³-hybridized carbons (Fsp3) is 0.265. The van der Waals surface area contributed by atoms with Crippen LogP contribution in [0, 0.1) is 0 Å². The van der Waals surface area contributed by atoms with Crippen LogP contribution in [0.1, 0.15) is 47.7 Å². The Bertz CT molecular complexity index is 1530. The van der Waals surface area contributed by atoms with Gasteiger partial charge in [0.2, 0.25) is 11.8 Å². The number of hydrogen-bond acceptors (Lipinski definition) is 3. The molecule has 6 nitrogen and oxygen atoms in total. The maximum absolute atomic E-state index is 13.9. The highest BCUT2D eigenvalue weighted by atomic mass is 79.9. The number of carbonyl (C=O) groups excluding carboxylic acids is 3. The Balaban J connectivity index is 1.36. The maximum atomic E-state index is 13.9. The molecule has 0 fully saturated rings. The van der Waals surface area contributed by atoms with Crippen LogP contribution in [0.2, 0.25) is 0 Å². The largest absolute Gasteiger partial charge is 0.354 e. The van der Waals surface area contributed by atoms with E-state index in [0.717, 1.165) is 38.5 Å². The van der Waals surface area contributed by atoms with E-state index in [1.165, 1.54) is 0 Å². The van der Waals surface area contributed by atoms with E-state index in [9.17, 15) is 14.4 Å². The van der Waals surface area contributed by atoms with Crippen molar-refractivity contribution in [1.29, 1.82) is 0 Å².